The van der Waals surface area contributed by atoms with Crippen molar-refractivity contribution >= 4 is 28.4 Å². The van der Waals surface area contributed by atoms with E-state index in [4.69, 9.17) is 14.5 Å². The van der Waals surface area contributed by atoms with Crippen molar-refractivity contribution in [3.05, 3.63) is 48.5 Å². The molecule has 4 aromatic rings. The first kappa shape index (κ1) is 21.1. The van der Waals surface area contributed by atoms with Crippen molar-refractivity contribution in [2.75, 3.05) is 45.4 Å². The molecule has 1 aliphatic rings. The molecule has 1 atom stereocenters. The van der Waals surface area contributed by atoms with E-state index in [9.17, 15) is 4.79 Å². The molecular formula is C24H26N6O3. The maximum Gasteiger partial charge on any atom is 0.248 e. The zero-order valence-electron chi connectivity index (χ0n) is 18.9. The number of para-hydroxylation sites is 1. The summed E-state index contributed by atoms with van der Waals surface area (Å²) in [5.41, 5.74) is 2.50. The molecule has 0 unspecified atom stereocenters. The van der Waals surface area contributed by atoms with E-state index in [2.05, 4.69) is 15.1 Å². The molecule has 33 heavy (non-hydrogen) atoms. The Bertz CT molecular complexity index is 1320. The van der Waals surface area contributed by atoms with Gasteiger partial charge in [0.15, 0.2) is 11.5 Å². The quantitative estimate of drug-likeness (QED) is 0.466. The van der Waals surface area contributed by atoms with E-state index in [1.54, 1.807) is 14.2 Å². The molecule has 0 spiro atoms. The van der Waals surface area contributed by atoms with Crippen molar-refractivity contribution in [1.29, 1.82) is 0 Å². The number of carbonyl (C=O) groups is 1. The van der Waals surface area contributed by atoms with Crippen LogP contribution in [0.1, 0.15) is 6.92 Å². The zero-order valence-corrected chi connectivity index (χ0v) is 18.9. The maximum absolute atomic E-state index is 12.4. The normalized spacial score (nSPS) is 16.5. The smallest absolute Gasteiger partial charge is 0.248 e. The van der Waals surface area contributed by atoms with E-state index in [0.717, 1.165) is 33.8 Å². The predicted molar refractivity (Wildman–Crippen MR) is 126 cm³/mol. The lowest BCUT2D eigenvalue weighted by Gasteiger charge is -2.40. The molecule has 1 saturated heterocycles. The summed E-state index contributed by atoms with van der Waals surface area (Å²) in [6, 6.07) is 15.7. The highest BCUT2D eigenvalue weighted by Gasteiger charge is 2.30. The Morgan fingerprint density at radius 2 is 1.94 bits per heavy atom. The van der Waals surface area contributed by atoms with Gasteiger partial charge >= 0.3 is 0 Å². The number of anilines is 1. The average molecular weight is 447 g/mol. The first-order valence-electron chi connectivity index (χ1n) is 10.9. The van der Waals surface area contributed by atoms with E-state index >= 15 is 0 Å². The number of nitrogens with zero attached hydrogens (tertiary/aromatic N) is 6. The van der Waals surface area contributed by atoms with Gasteiger partial charge in [-0.25, -0.2) is 9.38 Å². The van der Waals surface area contributed by atoms with Gasteiger partial charge < -0.3 is 19.3 Å². The van der Waals surface area contributed by atoms with Crippen LogP contribution in [0.3, 0.4) is 0 Å². The van der Waals surface area contributed by atoms with Crippen molar-refractivity contribution in [3.63, 3.8) is 0 Å². The number of aromatic nitrogens is 4. The Labute approximate surface area is 191 Å². The fourth-order valence-corrected chi connectivity index (χ4v) is 4.44. The molecule has 0 saturated carbocycles. The van der Waals surface area contributed by atoms with Crippen LogP contribution in [0, 0.1) is 0 Å². The van der Waals surface area contributed by atoms with E-state index in [-0.39, 0.29) is 18.6 Å². The van der Waals surface area contributed by atoms with Crippen LogP contribution in [0.15, 0.2) is 48.5 Å². The summed E-state index contributed by atoms with van der Waals surface area (Å²) >= 11 is 0. The lowest BCUT2D eigenvalue weighted by atomic mass is 10.2. The van der Waals surface area contributed by atoms with Crippen molar-refractivity contribution in [3.8, 4) is 17.1 Å². The second kappa shape index (κ2) is 8.67. The van der Waals surface area contributed by atoms with Gasteiger partial charge in [0.2, 0.25) is 11.9 Å². The minimum Gasteiger partial charge on any atom is -0.497 e. The van der Waals surface area contributed by atoms with Crippen molar-refractivity contribution in [2.45, 2.75) is 13.0 Å². The lowest BCUT2D eigenvalue weighted by molar-refractivity contribution is -0.137. The third kappa shape index (κ3) is 3.74. The van der Waals surface area contributed by atoms with Crippen LogP contribution in [0.4, 0.5) is 5.95 Å². The molecule has 2 aromatic carbocycles. The minimum absolute atomic E-state index is 0.00244. The third-order valence-electron chi connectivity index (χ3n) is 6.05. The summed E-state index contributed by atoms with van der Waals surface area (Å²) in [6.45, 7) is 4.03. The molecule has 1 aliphatic heterocycles. The summed E-state index contributed by atoms with van der Waals surface area (Å²) in [6.07, 6.45) is 0. The van der Waals surface area contributed by atoms with Gasteiger partial charge in [0.05, 0.1) is 12.6 Å². The van der Waals surface area contributed by atoms with Crippen LogP contribution in [-0.4, -0.2) is 76.9 Å². The summed E-state index contributed by atoms with van der Waals surface area (Å²) < 4.78 is 12.5. The lowest BCUT2D eigenvalue weighted by Crippen LogP contribution is -2.55. The SMILES string of the molecule is COCC(=O)N1CCN(c2nc3ccccc3c3nnc(-c4cccc(OC)c4)n23)C[C@H]1C. The molecule has 0 radical (unpaired) electrons. The van der Waals surface area contributed by atoms with E-state index in [1.807, 2.05) is 64.8 Å². The molecule has 1 fully saturated rings. The van der Waals surface area contributed by atoms with Gasteiger partial charge in [-0.2, -0.15) is 0 Å². The summed E-state index contributed by atoms with van der Waals surface area (Å²) in [5, 5.41) is 10.0. The molecule has 9 nitrogen and oxygen atoms in total. The number of piperazine rings is 1. The molecular weight excluding hydrogens is 420 g/mol. The molecule has 2 aromatic heterocycles. The van der Waals surface area contributed by atoms with Gasteiger partial charge in [0, 0.05) is 43.7 Å². The number of hydrogen-bond acceptors (Lipinski definition) is 7. The van der Waals surface area contributed by atoms with Crippen LogP contribution >= 0.6 is 0 Å². The Kier molecular flexibility index (Phi) is 5.55. The monoisotopic (exact) mass is 446 g/mol. The van der Waals surface area contributed by atoms with Crippen LogP contribution in [0.2, 0.25) is 0 Å². The van der Waals surface area contributed by atoms with Crippen molar-refractivity contribution < 1.29 is 14.3 Å². The molecule has 3 heterocycles. The Balaban J connectivity index is 1.63. The molecule has 0 bridgehead atoms. The topological polar surface area (TPSA) is 85.1 Å². The fourth-order valence-electron chi connectivity index (χ4n) is 4.44. The van der Waals surface area contributed by atoms with Crippen LogP contribution in [-0.2, 0) is 9.53 Å². The van der Waals surface area contributed by atoms with Crippen LogP contribution in [0.25, 0.3) is 27.9 Å². The summed E-state index contributed by atoms with van der Waals surface area (Å²) in [7, 11) is 3.19. The van der Waals surface area contributed by atoms with E-state index in [0.29, 0.717) is 25.5 Å². The highest BCUT2D eigenvalue weighted by Crippen LogP contribution is 2.30. The standard InChI is InChI=1S/C24H26N6O3/c1-16-14-28(11-12-29(16)21(31)15-32-2)24-25-20-10-5-4-9-19(20)23-27-26-22(30(23)24)17-7-6-8-18(13-17)33-3/h4-10,13,16H,11-12,14-15H2,1-3H3/t16-/m1/s1. The average Bonchev–Trinajstić information content (AvgIpc) is 3.29. The van der Waals surface area contributed by atoms with Crippen molar-refractivity contribution in [2.24, 2.45) is 0 Å². The molecule has 5 rings (SSSR count). The number of benzene rings is 2. The Hall–Kier alpha value is -3.72. The Morgan fingerprint density at radius 1 is 1.09 bits per heavy atom. The first-order valence-corrected chi connectivity index (χ1v) is 10.9. The number of fused-ring (bicyclic) bond motifs is 3. The highest BCUT2D eigenvalue weighted by molar-refractivity contribution is 5.93. The Morgan fingerprint density at radius 3 is 2.73 bits per heavy atom. The van der Waals surface area contributed by atoms with Gasteiger partial charge in [-0.3, -0.25) is 4.79 Å². The molecule has 1 amide bonds. The number of amides is 1. The molecule has 0 aliphatic carbocycles. The summed E-state index contributed by atoms with van der Waals surface area (Å²) in [5.74, 6) is 2.21. The van der Waals surface area contributed by atoms with Crippen molar-refractivity contribution in [1.82, 2.24) is 24.5 Å². The van der Waals surface area contributed by atoms with Gasteiger partial charge in [0.1, 0.15) is 12.4 Å². The van der Waals surface area contributed by atoms with Gasteiger partial charge in [-0.05, 0) is 31.2 Å². The third-order valence-corrected chi connectivity index (χ3v) is 6.05. The first-order chi connectivity index (χ1) is 16.1. The molecule has 9 heteroatoms. The second-order valence-electron chi connectivity index (χ2n) is 8.16. The molecule has 0 N–H and O–H groups in total. The molecule has 170 valence electrons. The zero-order chi connectivity index (χ0) is 22.9. The van der Waals surface area contributed by atoms with Gasteiger partial charge in [-0.1, -0.05) is 24.3 Å². The van der Waals surface area contributed by atoms with Gasteiger partial charge in [-0.15, -0.1) is 10.2 Å². The maximum atomic E-state index is 12.4. The predicted octanol–water partition coefficient (Wildman–Crippen LogP) is 2.64. The number of ether oxygens (including phenoxy) is 2. The van der Waals surface area contributed by atoms with Gasteiger partial charge in [0.25, 0.3) is 0 Å². The number of hydrogen-bond donors (Lipinski definition) is 0. The summed E-state index contributed by atoms with van der Waals surface area (Å²) in [4.78, 5) is 21.5. The minimum atomic E-state index is 0.00244. The second-order valence-corrected chi connectivity index (χ2v) is 8.16. The van der Waals surface area contributed by atoms with Crippen LogP contribution in [0.5, 0.6) is 5.75 Å². The highest BCUT2D eigenvalue weighted by atomic mass is 16.5. The largest absolute Gasteiger partial charge is 0.497 e. The number of carbonyl (C=O) groups excluding carboxylic acids is 1. The van der Waals surface area contributed by atoms with E-state index < -0.39 is 0 Å². The number of rotatable bonds is 5. The van der Waals surface area contributed by atoms with Crippen LogP contribution < -0.4 is 9.64 Å². The van der Waals surface area contributed by atoms with E-state index in [1.165, 1.54) is 0 Å². The number of methoxy groups -OCH3 is 2. The fraction of sp³-hybridized carbons (Fsp3) is 0.333.